The van der Waals surface area contributed by atoms with E-state index in [1.807, 2.05) is 0 Å². The molecule has 0 saturated heterocycles. The molecule has 3 rings (SSSR count). The fraction of sp³-hybridized carbons (Fsp3) is 0.800. The maximum Gasteiger partial charge on any atom is 0.0311 e. The lowest BCUT2D eigenvalue weighted by Gasteiger charge is -2.45. The molecule has 0 nitrogen and oxygen atoms in total. The maximum absolute atomic E-state index is 5.08. The minimum Gasteiger partial charge on any atom is -0.175 e. The molecule has 0 aromatic carbocycles. The molecule has 0 aromatic rings. The summed E-state index contributed by atoms with van der Waals surface area (Å²) in [7, 11) is 0. The fourth-order valence-corrected chi connectivity index (χ4v) is 6.31. The highest BCUT2D eigenvalue weighted by Gasteiger charge is 2.44. The lowest BCUT2D eigenvalue weighted by molar-refractivity contribution is 0.243. The number of thiol groups is 2. The number of rotatable bonds is 3. The molecule has 0 aromatic heterocycles. The van der Waals surface area contributed by atoms with E-state index in [4.69, 9.17) is 25.3 Å². The third kappa shape index (κ3) is 3.07. The highest BCUT2D eigenvalue weighted by atomic mass is 32.1. The zero-order chi connectivity index (χ0) is 15.9. The van der Waals surface area contributed by atoms with E-state index in [0.717, 1.165) is 24.2 Å². The Morgan fingerprint density at radius 1 is 1.23 bits per heavy atom. The molecule has 6 atom stereocenters. The lowest BCUT2D eigenvalue weighted by atomic mass is 9.64. The lowest BCUT2D eigenvalue weighted by Crippen LogP contribution is -2.38. The van der Waals surface area contributed by atoms with E-state index in [1.165, 1.54) is 38.5 Å². The van der Waals surface area contributed by atoms with Crippen molar-refractivity contribution in [2.75, 3.05) is 0 Å². The van der Waals surface area contributed by atoms with Gasteiger partial charge >= 0.3 is 0 Å². The Morgan fingerprint density at radius 3 is 2.55 bits per heavy atom. The SMILES string of the molecule is CCC1(S)C=C(C2CCCC2S)C(C2CCC=C2C)C(C)C1. The van der Waals surface area contributed by atoms with Gasteiger partial charge in [0.15, 0.2) is 0 Å². The van der Waals surface area contributed by atoms with Crippen molar-refractivity contribution in [3.8, 4) is 0 Å². The Morgan fingerprint density at radius 2 is 2.00 bits per heavy atom. The van der Waals surface area contributed by atoms with E-state index in [9.17, 15) is 0 Å². The van der Waals surface area contributed by atoms with Crippen LogP contribution in [0.3, 0.4) is 0 Å². The van der Waals surface area contributed by atoms with Gasteiger partial charge in [0.2, 0.25) is 0 Å². The number of hydrogen-bond acceptors (Lipinski definition) is 2. The molecule has 6 unspecified atom stereocenters. The molecule has 0 bridgehead atoms. The summed E-state index contributed by atoms with van der Waals surface area (Å²) < 4.78 is 0.109. The summed E-state index contributed by atoms with van der Waals surface area (Å²) in [6, 6.07) is 0. The van der Waals surface area contributed by atoms with Gasteiger partial charge in [-0.05, 0) is 69.1 Å². The van der Waals surface area contributed by atoms with Gasteiger partial charge in [-0.3, -0.25) is 0 Å². The van der Waals surface area contributed by atoms with Crippen LogP contribution in [0.4, 0.5) is 0 Å². The van der Waals surface area contributed by atoms with E-state index in [1.54, 1.807) is 11.1 Å². The topological polar surface area (TPSA) is 0 Å². The van der Waals surface area contributed by atoms with Crippen molar-refractivity contribution < 1.29 is 0 Å². The largest absolute Gasteiger partial charge is 0.175 e. The Labute approximate surface area is 148 Å². The smallest absolute Gasteiger partial charge is 0.0311 e. The van der Waals surface area contributed by atoms with Gasteiger partial charge in [0, 0.05) is 10.00 Å². The summed E-state index contributed by atoms with van der Waals surface area (Å²) in [6.07, 6.45) is 14.0. The van der Waals surface area contributed by atoms with Gasteiger partial charge in [-0.25, -0.2) is 0 Å². The van der Waals surface area contributed by atoms with Gasteiger partial charge in [-0.1, -0.05) is 43.6 Å². The average Bonchev–Trinajstić information content (AvgIpc) is 3.07. The molecule has 1 saturated carbocycles. The quantitative estimate of drug-likeness (QED) is 0.451. The Balaban J connectivity index is 1.98. The van der Waals surface area contributed by atoms with Crippen molar-refractivity contribution in [1.29, 1.82) is 0 Å². The first-order valence-electron chi connectivity index (χ1n) is 9.25. The van der Waals surface area contributed by atoms with Crippen LogP contribution < -0.4 is 0 Å². The molecular formula is C20H32S2. The molecule has 0 spiro atoms. The summed E-state index contributed by atoms with van der Waals surface area (Å²) in [5.74, 6) is 2.95. The second-order valence-corrected chi connectivity index (χ2v) is 9.60. The zero-order valence-electron chi connectivity index (χ0n) is 14.4. The van der Waals surface area contributed by atoms with Crippen molar-refractivity contribution in [2.45, 2.75) is 75.7 Å². The summed E-state index contributed by atoms with van der Waals surface area (Å²) in [4.78, 5) is 0. The second-order valence-electron chi connectivity index (χ2n) is 8.05. The summed E-state index contributed by atoms with van der Waals surface area (Å²) >= 11 is 10.0. The van der Waals surface area contributed by atoms with E-state index >= 15 is 0 Å². The molecule has 0 amide bonds. The van der Waals surface area contributed by atoms with Crippen LogP contribution >= 0.6 is 25.3 Å². The van der Waals surface area contributed by atoms with Crippen LogP contribution in [-0.2, 0) is 0 Å². The van der Waals surface area contributed by atoms with E-state index in [-0.39, 0.29) is 4.75 Å². The van der Waals surface area contributed by atoms with E-state index < -0.39 is 0 Å². The van der Waals surface area contributed by atoms with Gasteiger partial charge in [0.05, 0.1) is 0 Å². The van der Waals surface area contributed by atoms with Gasteiger partial charge in [0.1, 0.15) is 0 Å². The van der Waals surface area contributed by atoms with Gasteiger partial charge < -0.3 is 0 Å². The van der Waals surface area contributed by atoms with E-state index in [0.29, 0.717) is 11.2 Å². The highest BCUT2D eigenvalue weighted by molar-refractivity contribution is 7.82. The Bertz CT molecular complexity index is 478. The second kappa shape index (κ2) is 6.59. The first-order chi connectivity index (χ1) is 10.4. The fourth-order valence-electron chi connectivity index (χ4n) is 5.37. The van der Waals surface area contributed by atoms with Crippen LogP contribution in [0.25, 0.3) is 0 Å². The minimum absolute atomic E-state index is 0.109. The minimum atomic E-state index is 0.109. The molecule has 3 aliphatic carbocycles. The molecule has 0 N–H and O–H groups in total. The van der Waals surface area contributed by atoms with Crippen molar-refractivity contribution in [2.24, 2.45) is 23.7 Å². The van der Waals surface area contributed by atoms with Crippen LogP contribution in [-0.4, -0.2) is 10.00 Å². The Kier molecular flexibility index (Phi) is 5.10. The van der Waals surface area contributed by atoms with Gasteiger partial charge in [-0.2, -0.15) is 25.3 Å². The summed E-state index contributed by atoms with van der Waals surface area (Å²) in [5, 5.41) is 0.569. The first-order valence-corrected chi connectivity index (χ1v) is 10.2. The van der Waals surface area contributed by atoms with Crippen LogP contribution in [0.1, 0.15) is 65.7 Å². The van der Waals surface area contributed by atoms with Gasteiger partial charge in [0.25, 0.3) is 0 Å². The standard InChI is InChI=1S/C20H32S2/c1-4-20(22)11-14(3)19(15-8-5-7-13(15)2)17(12-20)16-9-6-10-18(16)21/h7,12,14-16,18-19,21-22H,4-6,8-11H2,1-3H3. The molecule has 0 heterocycles. The van der Waals surface area contributed by atoms with E-state index in [2.05, 4.69) is 32.9 Å². The molecule has 3 aliphatic rings. The molecule has 2 heteroatoms. The van der Waals surface area contributed by atoms with Crippen molar-refractivity contribution >= 4 is 25.3 Å². The molecule has 22 heavy (non-hydrogen) atoms. The van der Waals surface area contributed by atoms with Crippen molar-refractivity contribution in [3.63, 3.8) is 0 Å². The first kappa shape index (κ1) is 17.0. The molecule has 0 radical (unpaired) electrons. The van der Waals surface area contributed by atoms with Crippen LogP contribution in [0.2, 0.25) is 0 Å². The zero-order valence-corrected chi connectivity index (χ0v) is 16.2. The van der Waals surface area contributed by atoms with Crippen molar-refractivity contribution in [1.82, 2.24) is 0 Å². The van der Waals surface area contributed by atoms with Crippen LogP contribution in [0.15, 0.2) is 23.3 Å². The number of hydrogen-bond donors (Lipinski definition) is 2. The maximum atomic E-state index is 5.08. The van der Waals surface area contributed by atoms with Crippen molar-refractivity contribution in [3.05, 3.63) is 23.3 Å². The summed E-state index contributed by atoms with van der Waals surface area (Å²) in [5.41, 5.74) is 3.37. The van der Waals surface area contributed by atoms with Crippen LogP contribution in [0, 0.1) is 23.7 Å². The highest BCUT2D eigenvalue weighted by Crippen LogP contribution is 2.53. The normalized spacial score (nSPS) is 45.8. The molecule has 0 aliphatic heterocycles. The third-order valence-electron chi connectivity index (χ3n) is 6.59. The molecular weight excluding hydrogens is 304 g/mol. The Hall–Kier alpha value is 0.180. The number of allylic oxidation sites excluding steroid dienone is 3. The van der Waals surface area contributed by atoms with Crippen LogP contribution in [0.5, 0.6) is 0 Å². The van der Waals surface area contributed by atoms with Gasteiger partial charge in [-0.15, -0.1) is 0 Å². The monoisotopic (exact) mass is 336 g/mol. The molecule has 124 valence electrons. The predicted molar refractivity (Wildman–Crippen MR) is 104 cm³/mol. The molecule has 1 fully saturated rings. The predicted octanol–water partition coefficient (Wildman–Crippen LogP) is 6.10. The third-order valence-corrected chi connectivity index (χ3v) is 7.84. The summed E-state index contributed by atoms with van der Waals surface area (Å²) in [6.45, 7) is 7.13. The average molecular weight is 337 g/mol.